The number of rotatable bonds is 5. The van der Waals surface area contributed by atoms with Gasteiger partial charge in [-0.25, -0.2) is 4.98 Å². The minimum atomic E-state index is -0.359. The average molecular weight is 280 g/mol. The van der Waals surface area contributed by atoms with Crippen LogP contribution in [0.15, 0.2) is 35.4 Å². The Morgan fingerprint density at radius 2 is 2.32 bits per heavy atom. The van der Waals surface area contributed by atoms with Gasteiger partial charge >= 0.3 is 0 Å². The van der Waals surface area contributed by atoms with Crippen LogP contribution in [0.1, 0.15) is 12.5 Å². The fraction of sp³-hybridized carbons (Fsp3) is 0.231. The lowest BCUT2D eigenvalue weighted by Crippen LogP contribution is -2.11. The number of benzene rings is 1. The van der Waals surface area contributed by atoms with Gasteiger partial charge in [-0.15, -0.1) is 0 Å². The van der Waals surface area contributed by atoms with E-state index < -0.39 is 0 Å². The molecular formula is C13H14ClN3O2. The lowest BCUT2D eigenvalue weighted by atomic mass is 10.2. The zero-order valence-electron chi connectivity index (χ0n) is 10.4. The highest BCUT2D eigenvalue weighted by Gasteiger charge is 2.05. The Balaban J connectivity index is 2.08. The summed E-state index contributed by atoms with van der Waals surface area (Å²) in [6, 6.07) is 7.69. The van der Waals surface area contributed by atoms with E-state index in [1.807, 2.05) is 31.2 Å². The van der Waals surface area contributed by atoms with Crippen LogP contribution in [-0.2, 0) is 6.54 Å². The van der Waals surface area contributed by atoms with Crippen LogP contribution in [0.25, 0.3) is 0 Å². The number of hydrogen-bond donors (Lipinski definition) is 2. The number of H-pyrrole nitrogens is 1. The largest absolute Gasteiger partial charge is 0.494 e. The number of anilines is 1. The van der Waals surface area contributed by atoms with E-state index in [1.54, 1.807) is 0 Å². The first-order valence-corrected chi connectivity index (χ1v) is 6.27. The first-order valence-electron chi connectivity index (χ1n) is 5.89. The van der Waals surface area contributed by atoms with Crippen LogP contribution in [0.5, 0.6) is 5.75 Å². The lowest BCUT2D eigenvalue weighted by Gasteiger charge is -2.08. The van der Waals surface area contributed by atoms with Crippen LogP contribution in [0.4, 0.5) is 5.82 Å². The quantitative estimate of drug-likeness (QED) is 0.882. The smallest absolute Gasteiger partial charge is 0.271 e. The third kappa shape index (κ3) is 3.48. The van der Waals surface area contributed by atoms with Gasteiger partial charge in [0.15, 0.2) is 5.82 Å². The van der Waals surface area contributed by atoms with E-state index in [0.29, 0.717) is 19.0 Å². The standard InChI is InChI=1S/C13H14ClN3O2/c1-2-19-10-5-3-4-9(6-10)7-15-12-11(14)13(18)17-8-16-12/h3-6,8H,2,7H2,1H3,(H2,15,16,17,18). The van der Waals surface area contributed by atoms with Crippen molar-refractivity contribution < 1.29 is 4.74 Å². The highest BCUT2D eigenvalue weighted by Crippen LogP contribution is 2.16. The number of halogens is 1. The number of aromatic nitrogens is 2. The molecule has 19 heavy (non-hydrogen) atoms. The van der Waals surface area contributed by atoms with Crippen LogP contribution in [0.2, 0.25) is 5.02 Å². The Labute approximate surface area is 115 Å². The van der Waals surface area contributed by atoms with Crippen molar-refractivity contribution >= 4 is 17.4 Å². The second-order valence-corrected chi connectivity index (χ2v) is 4.21. The fourth-order valence-corrected chi connectivity index (χ4v) is 1.77. The monoisotopic (exact) mass is 279 g/mol. The number of nitrogens with one attached hydrogen (secondary N) is 2. The summed E-state index contributed by atoms with van der Waals surface area (Å²) in [5.41, 5.74) is 0.659. The molecule has 2 rings (SSSR count). The van der Waals surface area contributed by atoms with E-state index in [4.69, 9.17) is 16.3 Å². The number of ether oxygens (including phenoxy) is 1. The molecule has 0 saturated heterocycles. The molecule has 0 aliphatic rings. The molecule has 0 amide bonds. The third-order valence-corrected chi connectivity index (χ3v) is 2.82. The van der Waals surface area contributed by atoms with Gasteiger partial charge in [-0.1, -0.05) is 23.7 Å². The van der Waals surface area contributed by atoms with Crippen molar-refractivity contribution in [1.29, 1.82) is 0 Å². The molecule has 0 aliphatic carbocycles. The molecule has 0 radical (unpaired) electrons. The van der Waals surface area contributed by atoms with Gasteiger partial charge in [-0.05, 0) is 24.6 Å². The van der Waals surface area contributed by atoms with E-state index in [2.05, 4.69) is 15.3 Å². The van der Waals surface area contributed by atoms with Gasteiger partial charge in [-0.3, -0.25) is 4.79 Å². The van der Waals surface area contributed by atoms with Crippen molar-refractivity contribution in [3.05, 3.63) is 51.5 Å². The Hall–Kier alpha value is -2.01. The van der Waals surface area contributed by atoms with Crippen molar-refractivity contribution in [2.45, 2.75) is 13.5 Å². The number of aromatic amines is 1. The van der Waals surface area contributed by atoms with Crippen molar-refractivity contribution in [2.75, 3.05) is 11.9 Å². The van der Waals surface area contributed by atoms with Gasteiger partial charge in [0.25, 0.3) is 5.56 Å². The Bertz CT molecular complexity index is 613. The molecule has 2 aromatic rings. The maximum absolute atomic E-state index is 11.3. The van der Waals surface area contributed by atoms with Crippen LogP contribution in [0.3, 0.4) is 0 Å². The topological polar surface area (TPSA) is 67.0 Å². The van der Waals surface area contributed by atoms with E-state index in [-0.39, 0.29) is 10.6 Å². The minimum absolute atomic E-state index is 0.0588. The number of nitrogens with zero attached hydrogens (tertiary/aromatic N) is 1. The van der Waals surface area contributed by atoms with Crippen LogP contribution < -0.4 is 15.6 Å². The van der Waals surface area contributed by atoms with E-state index in [9.17, 15) is 4.79 Å². The van der Waals surface area contributed by atoms with Gasteiger partial charge in [0, 0.05) is 6.54 Å². The first-order chi connectivity index (χ1) is 9.20. The zero-order valence-corrected chi connectivity index (χ0v) is 11.2. The summed E-state index contributed by atoms with van der Waals surface area (Å²) in [5, 5.41) is 3.08. The van der Waals surface area contributed by atoms with Gasteiger partial charge in [0.2, 0.25) is 0 Å². The van der Waals surface area contributed by atoms with Gasteiger partial charge in [0.05, 0.1) is 12.9 Å². The Morgan fingerprint density at radius 1 is 1.47 bits per heavy atom. The van der Waals surface area contributed by atoms with Crippen LogP contribution >= 0.6 is 11.6 Å². The molecule has 5 nitrogen and oxygen atoms in total. The van der Waals surface area contributed by atoms with E-state index in [1.165, 1.54) is 6.33 Å². The summed E-state index contributed by atoms with van der Waals surface area (Å²) in [6.45, 7) is 3.07. The van der Waals surface area contributed by atoms with Crippen molar-refractivity contribution in [3.8, 4) is 5.75 Å². The van der Waals surface area contributed by atoms with Gasteiger partial charge in [0.1, 0.15) is 10.8 Å². The third-order valence-electron chi connectivity index (χ3n) is 2.47. The minimum Gasteiger partial charge on any atom is -0.494 e. The molecule has 2 N–H and O–H groups in total. The molecule has 0 saturated carbocycles. The van der Waals surface area contributed by atoms with Crippen LogP contribution in [0, 0.1) is 0 Å². The van der Waals surface area contributed by atoms with E-state index >= 15 is 0 Å². The SMILES string of the molecule is CCOc1cccc(CNc2nc[nH]c(=O)c2Cl)c1. The molecular weight excluding hydrogens is 266 g/mol. The summed E-state index contributed by atoms with van der Waals surface area (Å²) in [4.78, 5) is 17.7. The molecule has 0 unspecified atom stereocenters. The summed E-state index contributed by atoms with van der Waals surface area (Å²) in [6.07, 6.45) is 1.31. The Morgan fingerprint density at radius 3 is 3.11 bits per heavy atom. The fourth-order valence-electron chi connectivity index (χ4n) is 1.60. The summed E-state index contributed by atoms with van der Waals surface area (Å²) in [7, 11) is 0. The molecule has 1 heterocycles. The molecule has 1 aromatic carbocycles. The predicted octanol–water partition coefficient (Wildman–Crippen LogP) is 2.43. The molecule has 0 bridgehead atoms. The highest BCUT2D eigenvalue weighted by atomic mass is 35.5. The first kappa shape index (κ1) is 13.4. The maximum atomic E-state index is 11.3. The number of hydrogen-bond acceptors (Lipinski definition) is 4. The second-order valence-electron chi connectivity index (χ2n) is 3.83. The molecule has 0 aliphatic heterocycles. The predicted molar refractivity (Wildman–Crippen MR) is 74.8 cm³/mol. The van der Waals surface area contributed by atoms with Gasteiger partial charge < -0.3 is 15.0 Å². The van der Waals surface area contributed by atoms with Crippen molar-refractivity contribution in [2.24, 2.45) is 0 Å². The Kier molecular flexibility index (Phi) is 4.41. The normalized spacial score (nSPS) is 10.2. The van der Waals surface area contributed by atoms with Crippen molar-refractivity contribution in [1.82, 2.24) is 9.97 Å². The molecule has 0 atom stereocenters. The second kappa shape index (κ2) is 6.24. The van der Waals surface area contributed by atoms with Gasteiger partial charge in [-0.2, -0.15) is 0 Å². The average Bonchev–Trinajstić information content (AvgIpc) is 2.41. The lowest BCUT2D eigenvalue weighted by molar-refractivity contribution is 0.340. The summed E-state index contributed by atoms with van der Waals surface area (Å²) in [5.74, 6) is 1.18. The summed E-state index contributed by atoms with van der Waals surface area (Å²) < 4.78 is 5.42. The maximum Gasteiger partial charge on any atom is 0.271 e. The van der Waals surface area contributed by atoms with Crippen molar-refractivity contribution in [3.63, 3.8) is 0 Å². The molecule has 0 fully saturated rings. The van der Waals surface area contributed by atoms with Crippen LogP contribution in [-0.4, -0.2) is 16.6 Å². The zero-order chi connectivity index (χ0) is 13.7. The molecule has 6 heteroatoms. The van der Waals surface area contributed by atoms with E-state index in [0.717, 1.165) is 11.3 Å². The summed E-state index contributed by atoms with van der Waals surface area (Å²) >= 11 is 5.85. The molecule has 1 aromatic heterocycles. The highest BCUT2D eigenvalue weighted by molar-refractivity contribution is 6.32. The molecule has 0 spiro atoms. The molecule has 100 valence electrons.